The van der Waals surface area contributed by atoms with Crippen LogP contribution >= 0.6 is 11.6 Å². The van der Waals surface area contributed by atoms with Crippen LogP contribution in [0.1, 0.15) is 18.0 Å². The Balaban J connectivity index is 2.25. The maximum Gasteiger partial charge on any atom is 0.243 e. The molecule has 6 heteroatoms. The molecule has 1 aliphatic heterocycles. The monoisotopic (exact) mass is 326 g/mol. The third kappa shape index (κ3) is 3.85. The zero-order valence-electron chi connectivity index (χ0n) is 12.5. The molecule has 4 nitrogen and oxygen atoms in total. The van der Waals surface area contributed by atoms with Gasteiger partial charge in [0.05, 0.1) is 23.7 Å². The van der Waals surface area contributed by atoms with Gasteiger partial charge in [0.15, 0.2) is 0 Å². The fourth-order valence-corrected chi connectivity index (χ4v) is 2.97. The predicted octanol–water partition coefficient (Wildman–Crippen LogP) is 2.54. The van der Waals surface area contributed by atoms with Gasteiger partial charge in [-0.25, -0.2) is 4.39 Å². The molecule has 1 aromatic carbocycles. The summed E-state index contributed by atoms with van der Waals surface area (Å²) in [5.41, 5.74) is 0.796. The number of nitrogens with zero attached hydrogens (tertiary/aromatic N) is 1. The first kappa shape index (κ1) is 16.9. The SMILES string of the molecule is C=CC(=O)N[C@@H]1CCN(CCOC)[C@H]1c1ccc(Cl)c(F)c1. The van der Waals surface area contributed by atoms with Gasteiger partial charge in [0.1, 0.15) is 5.82 Å². The molecule has 0 radical (unpaired) electrons. The number of carbonyl (C=O) groups is 1. The number of hydrogen-bond acceptors (Lipinski definition) is 3. The zero-order valence-corrected chi connectivity index (χ0v) is 13.3. The van der Waals surface area contributed by atoms with Crippen LogP contribution in [0.2, 0.25) is 5.02 Å². The number of likely N-dealkylation sites (tertiary alicyclic amines) is 1. The Bertz CT molecular complexity index is 553. The Morgan fingerprint density at radius 1 is 1.64 bits per heavy atom. The lowest BCUT2D eigenvalue weighted by molar-refractivity contribution is -0.117. The standard InChI is InChI=1S/C16H20ClFN2O2/c1-3-15(21)19-14-6-7-20(8-9-22-2)16(14)11-4-5-12(17)13(18)10-11/h3-5,10,14,16H,1,6-9H2,2H3,(H,19,21)/t14-,16+/m1/s1. The van der Waals surface area contributed by atoms with Crippen LogP contribution in [0.4, 0.5) is 4.39 Å². The molecule has 0 spiro atoms. The number of carbonyl (C=O) groups excluding carboxylic acids is 1. The highest BCUT2D eigenvalue weighted by molar-refractivity contribution is 6.30. The van der Waals surface area contributed by atoms with Gasteiger partial charge in [-0.15, -0.1) is 0 Å². The molecule has 0 unspecified atom stereocenters. The summed E-state index contributed by atoms with van der Waals surface area (Å²) < 4.78 is 18.9. The first-order valence-electron chi connectivity index (χ1n) is 7.17. The quantitative estimate of drug-likeness (QED) is 0.817. The topological polar surface area (TPSA) is 41.6 Å². The average Bonchev–Trinajstić information content (AvgIpc) is 2.90. The van der Waals surface area contributed by atoms with Crippen molar-refractivity contribution in [2.75, 3.05) is 26.8 Å². The average molecular weight is 327 g/mol. The molecule has 1 aliphatic rings. The maximum absolute atomic E-state index is 13.8. The van der Waals surface area contributed by atoms with Gasteiger partial charge in [-0.3, -0.25) is 9.69 Å². The van der Waals surface area contributed by atoms with Crippen molar-refractivity contribution in [3.63, 3.8) is 0 Å². The molecule has 22 heavy (non-hydrogen) atoms. The molecule has 0 aromatic heterocycles. The summed E-state index contributed by atoms with van der Waals surface area (Å²) in [6.45, 7) is 5.57. The lowest BCUT2D eigenvalue weighted by Crippen LogP contribution is -2.39. The molecule has 0 saturated carbocycles. The van der Waals surface area contributed by atoms with E-state index in [4.69, 9.17) is 16.3 Å². The van der Waals surface area contributed by atoms with Crippen molar-refractivity contribution < 1.29 is 13.9 Å². The highest BCUT2D eigenvalue weighted by Gasteiger charge is 2.35. The molecular formula is C16H20ClFN2O2. The van der Waals surface area contributed by atoms with Crippen molar-refractivity contribution in [1.29, 1.82) is 0 Å². The van der Waals surface area contributed by atoms with Crippen molar-refractivity contribution in [2.24, 2.45) is 0 Å². The summed E-state index contributed by atoms with van der Waals surface area (Å²) in [5, 5.41) is 3.02. The van der Waals surface area contributed by atoms with E-state index in [0.29, 0.717) is 13.2 Å². The second kappa shape index (κ2) is 7.72. The normalized spacial score (nSPS) is 21.8. The summed E-state index contributed by atoms with van der Waals surface area (Å²) in [4.78, 5) is 13.8. The third-order valence-electron chi connectivity index (χ3n) is 3.88. The Kier molecular flexibility index (Phi) is 5.94. The fourth-order valence-electron chi connectivity index (χ4n) is 2.85. The van der Waals surface area contributed by atoms with Crippen LogP contribution in [-0.4, -0.2) is 43.7 Å². The van der Waals surface area contributed by atoms with Crippen LogP contribution in [0.3, 0.4) is 0 Å². The van der Waals surface area contributed by atoms with Crippen LogP contribution in [0.5, 0.6) is 0 Å². The molecule has 2 atom stereocenters. The number of ether oxygens (including phenoxy) is 1. The van der Waals surface area contributed by atoms with Crippen LogP contribution in [-0.2, 0) is 9.53 Å². The minimum absolute atomic E-state index is 0.0943. The Morgan fingerprint density at radius 3 is 3.05 bits per heavy atom. The molecule has 120 valence electrons. The van der Waals surface area contributed by atoms with Crippen molar-refractivity contribution >= 4 is 17.5 Å². The molecule has 1 fully saturated rings. The summed E-state index contributed by atoms with van der Waals surface area (Å²) in [6.07, 6.45) is 2.04. The van der Waals surface area contributed by atoms with E-state index in [1.807, 2.05) is 0 Å². The predicted molar refractivity (Wildman–Crippen MR) is 84.3 cm³/mol. The summed E-state index contributed by atoms with van der Waals surface area (Å²) >= 11 is 5.76. The van der Waals surface area contributed by atoms with Crippen LogP contribution in [0.15, 0.2) is 30.9 Å². The van der Waals surface area contributed by atoms with E-state index in [2.05, 4.69) is 16.8 Å². The Hall–Kier alpha value is -1.43. The van der Waals surface area contributed by atoms with Gasteiger partial charge in [-0.05, 0) is 30.2 Å². The number of benzene rings is 1. The van der Waals surface area contributed by atoms with Gasteiger partial charge in [0.2, 0.25) is 5.91 Å². The lowest BCUT2D eigenvalue weighted by Gasteiger charge is -2.29. The van der Waals surface area contributed by atoms with Crippen molar-refractivity contribution in [2.45, 2.75) is 18.5 Å². The van der Waals surface area contributed by atoms with Gasteiger partial charge in [-0.2, -0.15) is 0 Å². The van der Waals surface area contributed by atoms with Gasteiger partial charge >= 0.3 is 0 Å². The smallest absolute Gasteiger partial charge is 0.243 e. The molecule has 1 heterocycles. The van der Waals surface area contributed by atoms with Crippen LogP contribution in [0, 0.1) is 5.82 Å². The van der Waals surface area contributed by atoms with E-state index in [1.165, 1.54) is 12.1 Å². The van der Waals surface area contributed by atoms with E-state index in [-0.39, 0.29) is 23.0 Å². The van der Waals surface area contributed by atoms with E-state index in [0.717, 1.165) is 18.5 Å². The number of halogens is 2. The van der Waals surface area contributed by atoms with Gasteiger partial charge < -0.3 is 10.1 Å². The van der Waals surface area contributed by atoms with E-state index in [9.17, 15) is 9.18 Å². The van der Waals surface area contributed by atoms with Crippen LogP contribution in [0.25, 0.3) is 0 Å². The lowest BCUT2D eigenvalue weighted by atomic mass is 9.99. The first-order chi connectivity index (χ1) is 10.6. The summed E-state index contributed by atoms with van der Waals surface area (Å²) in [7, 11) is 1.64. The van der Waals surface area contributed by atoms with Gasteiger partial charge in [-0.1, -0.05) is 24.2 Å². The molecule has 0 aliphatic carbocycles. The highest BCUT2D eigenvalue weighted by Crippen LogP contribution is 2.33. The summed E-state index contributed by atoms with van der Waals surface area (Å²) in [6, 6.07) is 4.58. The molecule has 1 aromatic rings. The van der Waals surface area contributed by atoms with E-state index in [1.54, 1.807) is 19.2 Å². The second-order valence-corrected chi connectivity index (χ2v) is 5.66. The minimum atomic E-state index is -0.452. The van der Waals surface area contributed by atoms with E-state index >= 15 is 0 Å². The summed E-state index contributed by atoms with van der Waals surface area (Å²) in [5.74, 6) is -0.676. The number of nitrogens with one attached hydrogen (secondary N) is 1. The minimum Gasteiger partial charge on any atom is -0.383 e. The van der Waals surface area contributed by atoms with E-state index < -0.39 is 5.82 Å². The highest BCUT2D eigenvalue weighted by atomic mass is 35.5. The zero-order chi connectivity index (χ0) is 16.1. The Morgan fingerprint density at radius 2 is 2.41 bits per heavy atom. The number of methoxy groups -OCH3 is 1. The molecule has 1 saturated heterocycles. The fraction of sp³-hybridized carbons (Fsp3) is 0.438. The van der Waals surface area contributed by atoms with Crippen molar-refractivity contribution in [1.82, 2.24) is 10.2 Å². The Labute approximate surface area is 134 Å². The number of hydrogen-bond donors (Lipinski definition) is 1. The number of rotatable bonds is 6. The number of amides is 1. The molecule has 1 amide bonds. The molecular weight excluding hydrogens is 307 g/mol. The van der Waals surface area contributed by atoms with Crippen molar-refractivity contribution in [3.05, 3.63) is 47.3 Å². The second-order valence-electron chi connectivity index (χ2n) is 5.26. The largest absolute Gasteiger partial charge is 0.383 e. The maximum atomic E-state index is 13.8. The molecule has 2 rings (SSSR count). The first-order valence-corrected chi connectivity index (χ1v) is 7.55. The molecule has 1 N–H and O–H groups in total. The molecule has 0 bridgehead atoms. The van der Waals surface area contributed by atoms with Crippen molar-refractivity contribution in [3.8, 4) is 0 Å². The van der Waals surface area contributed by atoms with Gasteiger partial charge in [0, 0.05) is 20.2 Å². The van der Waals surface area contributed by atoms with Gasteiger partial charge in [0.25, 0.3) is 0 Å². The third-order valence-corrected chi connectivity index (χ3v) is 4.19. The van der Waals surface area contributed by atoms with Crippen LogP contribution < -0.4 is 5.32 Å².